The fraction of sp³-hybridized carbons (Fsp3) is 0.188. The molecule has 22 heavy (non-hydrogen) atoms. The molecule has 2 rings (SSSR count). The number of nitro benzene ring substituents is 1. The predicted molar refractivity (Wildman–Crippen MR) is 92.2 cm³/mol. The van der Waals surface area contributed by atoms with Gasteiger partial charge in [-0.1, -0.05) is 36.4 Å². The van der Waals surface area contributed by atoms with E-state index in [9.17, 15) is 10.1 Å². The van der Waals surface area contributed by atoms with Crippen LogP contribution in [0.4, 0.5) is 11.4 Å². The van der Waals surface area contributed by atoms with E-state index in [1.807, 2.05) is 18.2 Å². The molecule has 6 heteroatoms. The molecule has 0 aromatic heterocycles. The highest BCUT2D eigenvalue weighted by atomic mass is 32.1. The highest BCUT2D eigenvalue weighted by Crippen LogP contribution is 2.22. The quantitative estimate of drug-likeness (QED) is 0.503. The van der Waals surface area contributed by atoms with E-state index in [-0.39, 0.29) is 5.69 Å². The molecular formula is C16H17N3O2S. The van der Waals surface area contributed by atoms with E-state index < -0.39 is 4.92 Å². The summed E-state index contributed by atoms with van der Waals surface area (Å²) in [6, 6.07) is 15.0. The summed E-state index contributed by atoms with van der Waals surface area (Å²) in [5.41, 5.74) is 2.54. The summed E-state index contributed by atoms with van der Waals surface area (Å²) in [5.74, 6) is 0. The maximum atomic E-state index is 10.9. The van der Waals surface area contributed by atoms with Crippen molar-refractivity contribution in [1.82, 2.24) is 5.32 Å². The Morgan fingerprint density at radius 3 is 2.64 bits per heavy atom. The van der Waals surface area contributed by atoms with E-state index in [1.165, 1.54) is 11.6 Å². The summed E-state index contributed by atoms with van der Waals surface area (Å²) in [4.78, 5) is 10.5. The summed E-state index contributed by atoms with van der Waals surface area (Å²) in [6.07, 6.45) is 0.858. The SMILES string of the molecule is Cc1ccc(NC(=S)NCCc2ccccc2)cc1[N+](=O)[O-]. The molecule has 2 aromatic carbocycles. The van der Waals surface area contributed by atoms with Gasteiger partial charge in [0, 0.05) is 23.9 Å². The minimum Gasteiger partial charge on any atom is -0.362 e. The number of rotatable bonds is 5. The Morgan fingerprint density at radius 1 is 1.23 bits per heavy atom. The minimum absolute atomic E-state index is 0.0806. The summed E-state index contributed by atoms with van der Waals surface area (Å²) < 4.78 is 0. The Bertz CT molecular complexity index is 674. The van der Waals surface area contributed by atoms with Crippen LogP contribution in [-0.2, 0) is 6.42 Å². The number of benzene rings is 2. The Hall–Kier alpha value is -2.47. The molecule has 0 spiro atoms. The third-order valence-electron chi connectivity index (χ3n) is 3.21. The third-order valence-corrected chi connectivity index (χ3v) is 3.45. The lowest BCUT2D eigenvalue weighted by Gasteiger charge is -2.11. The first-order chi connectivity index (χ1) is 10.6. The lowest BCUT2D eigenvalue weighted by atomic mass is 10.1. The zero-order valence-corrected chi connectivity index (χ0v) is 13.0. The van der Waals surface area contributed by atoms with Crippen LogP contribution in [0, 0.1) is 17.0 Å². The molecule has 0 saturated heterocycles. The highest BCUT2D eigenvalue weighted by molar-refractivity contribution is 7.80. The highest BCUT2D eigenvalue weighted by Gasteiger charge is 2.11. The molecule has 5 nitrogen and oxygen atoms in total. The average Bonchev–Trinajstić information content (AvgIpc) is 2.50. The van der Waals surface area contributed by atoms with Gasteiger partial charge in [0.2, 0.25) is 0 Å². The molecule has 0 heterocycles. The molecule has 0 fully saturated rings. The number of aryl methyl sites for hydroxylation is 1. The van der Waals surface area contributed by atoms with Gasteiger partial charge in [0.05, 0.1) is 4.92 Å². The van der Waals surface area contributed by atoms with E-state index in [0.717, 1.165) is 6.42 Å². The molecule has 0 amide bonds. The maximum absolute atomic E-state index is 10.9. The van der Waals surface area contributed by atoms with Gasteiger partial charge in [-0.25, -0.2) is 0 Å². The number of thiocarbonyl (C=S) groups is 1. The van der Waals surface area contributed by atoms with Crippen molar-refractivity contribution in [3.63, 3.8) is 0 Å². The molecule has 0 aliphatic heterocycles. The van der Waals surface area contributed by atoms with Crippen molar-refractivity contribution in [3.8, 4) is 0 Å². The zero-order valence-electron chi connectivity index (χ0n) is 12.2. The van der Waals surface area contributed by atoms with Crippen molar-refractivity contribution < 1.29 is 4.92 Å². The number of hydrogen-bond acceptors (Lipinski definition) is 3. The van der Waals surface area contributed by atoms with Crippen molar-refractivity contribution in [3.05, 3.63) is 69.8 Å². The first-order valence-corrected chi connectivity index (χ1v) is 7.31. The number of nitrogens with zero attached hydrogens (tertiary/aromatic N) is 1. The Morgan fingerprint density at radius 2 is 1.95 bits per heavy atom. The number of anilines is 1. The molecule has 0 radical (unpaired) electrons. The zero-order chi connectivity index (χ0) is 15.9. The van der Waals surface area contributed by atoms with Crippen LogP contribution in [0.3, 0.4) is 0 Å². The van der Waals surface area contributed by atoms with E-state index >= 15 is 0 Å². The normalized spacial score (nSPS) is 10.0. The largest absolute Gasteiger partial charge is 0.362 e. The first-order valence-electron chi connectivity index (χ1n) is 6.90. The summed E-state index contributed by atoms with van der Waals surface area (Å²) >= 11 is 5.20. The van der Waals surface area contributed by atoms with E-state index in [4.69, 9.17) is 12.2 Å². The van der Waals surface area contributed by atoms with E-state index in [0.29, 0.717) is 22.9 Å². The van der Waals surface area contributed by atoms with Gasteiger partial charge < -0.3 is 10.6 Å². The topological polar surface area (TPSA) is 67.2 Å². The van der Waals surface area contributed by atoms with E-state index in [1.54, 1.807) is 19.1 Å². The van der Waals surface area contributed by atoms with Crippen molar-refractivity contribution in [2.45, 2.75) is 13.3 Å². The Balaban J connectivity index is 1.87. The first kappa shape index (κ1) is 15.9. The van der Waals surface area contributed by atoms with E-state index in [2.05, 4.69) is 22.8 Å². The molecule has 0 bridgehead atoms. The molecule has 0 aliphatic carbocycles. The van der Waals surface area contributed by atoms with Crippen LogP contribution < -0.4 is 10.6 Å². The van der Waals surface area contributed by atoms with Gasteiger partial charge in [0.15, 0.2) is 5.11 Å². The van der Waals surface area contributed by atoms with Crippen molar-refractivity contribution in [2.24, 2.45) is 0 Å². The van der Waals surface area contributed by atoms with Crippen molar-refractivity contribution in [2.75, 3.05) is 11.9 Å². The molecule has 2 N–H and O–H groups in total. The predicted octanol–water partition coefficient (Wildman–Crippen LogP) is 3.43. The minimum atomic E-state index is -0.396. The number of nitrogens with one attached hydrogen (secondary N) is 2. The van der Waals surface area contributed by atoms with Gasteiger partial charge in [0.25, 0.3) is 5.69 Å². The fourth-order valence-corrected chi connectivity index (χ4v) is 2.24. The van der Waals surface area contributed by atoms with Crippen LogP contribution in [0.25, 0.3) is 0 Å². The van der Waals surface area contributed by atoms with Gasteiger partial charge in [-0.05, 0) is 37.2 Å². The molecule has 0 atom stereocenters. The fourth-order valence-electron chi connectivity index (χ4n) is 2.02. The molecule has 114 valence electrons. The van der Waals surface area contributed by atoms with Crippen LogP contribution >= 0.6 is 12.2 Å². The molecule has 2 aromatic rings. The summed E-state index contributed by atoms with van der Waals surface area (Å²) in [5, 5.41) is 17.4. The van der Waals surface area contributed by atoms with Crippen LogP contribution in [0.1, 0.15) is 11.1 Å². The average molecular weight is 315 g/mol. The van der Waals surface area contributed by atoms with Gasteiger partial charge in [0.1, 0.15) is 0 Å². The maximum Gasteiger partial charge on any atom is 0.274 e. The third kappa shape index (κ3) is 4.53. The number of hydrogen-bond donors (Lipinski definition) is 2. The van der Waals surface area contributed by atoms with Crippen molar-refractivity contribution >= 4 is 28.7 Å². The Kier molecular flexibility index (Phi) is 5.43. The van der Waals surface area contributed by atoms with Crippen LogP contribution in [0.5, 0.6) is 0 Å². The molecule has 0 saturated carbocycles. The number of nitro groups is 1. The Labute approximate surface area is 134 Å². The standard InChI is InChI=1S/C16H17N3O2S/c1-12-7-8-14(11-15(12)19(20)21)18-16(22)17-10-9-13-5-3-2-4-6-13/h2-8,11H,9-10H2,1H3,(H2,17,18,22). The van der Waals surface area contributed by atoms with Gasteiger partial charge in [-0.2, -0.15) is 0 Å². The van der Waals surface area contributed by atoms with Gasteiger partial charge in [-0.3, -0.25) is 10.1 Å². The molecule has 0 aliphatic rings. The van der Waals surface area contributed by atoms with Gasteiger partial charge >= 0.3 is 0 Å². The lowest BCUT2D eigenvalue weighted by molar-refractivity contribution is -0.385. The summed E-state index contributed by atoms with van der Waals surface area (Å²) in [6.45, 7) is 2.40. The second kappa shape index (κ2) is 7.51. The van der Waals surface area contributed by atoms with Crippen LogP contribution in [0.2, 0.25) is 0 Å². The lowest BCUT2D eigenvalue weighted by Crippen LogP contribution is -2.30. The molecule has 0 unspecified atom stereocenters. The smallest absolute Gasteiger partial charge is 0.274 e. The monoisotopic (exact) mass is 315 g/mol. The van der Waals surface area contributed by atoms with Crippen LogP contribution in [-0.4, -0.2) is 16.6 Å². The van der Waals surface area contributed by atoms with Gasteiger partial charge in [-0.15, -0.1) is 0 Å². The second-order valence-electron chi connectivity index (χ2n) is 4.87. The van der Waals surface area contributed by atoms with Crippen molar-refractivity contribution in [1.29, 1.82) is 0 Å². The molecular weight excluding hydrogens is 298 g/mol. The second-order valence-corrected chi connectivity index (χ2v) is 5.28. The summed E-state index contributed by atoms with van der Waals surface area (Å²) in [7, 11) is 0. The van der Waals surface area contributed by atoms with Crippen LogP contribution in [0.15, 0.2) is 48.5 Å².